The maximum absolute atomic E-state index is 12.2. The Morgan fingerprint density at radius 1 is 1.16 bits per heavy atom. The van der Waals surface area contributed by atoms with Gasteiger partial charge in [0.25, 0.3) is 5.91 Å². The molecule has 0 heterocycles. The number of carbonyl (C=O) groups is 2. The Balaban J connectivity index is 2.14. The van der Waals surface area contributed by atoms with Crippen molar-refractivity contribution in [2.24, 2.45) is 0 Å². The van der Waals surface area contributed by atoms with Crippen LogP contribution in [0.1, 0.15) is 17.3 Å². The number of anilines is 2. The van der Waals surface area contributed by atoms with Crippen molar-refractivity contribution in [3.05, 3.63) is 69.8 Å². The Morgan fingerprint density at radius 3 is 2.56 bits per heavy atom. The van der Waals surface area contributed by atoms with Gasteiger partial charge >= 0.3 is 0 Å². The summed E-state index contributed by atoms with van der Waals surface area (Å²) >= 11 is 11.8. The quantitative estimate of drug-likeness (QED) is 0.453. The van der Waals surface area contributed by atoms with Gasteiger partial charge in [-0.1, -0.05) is 35.3 Å². The summed E-state index contributed by atoms with van der Waals surface area (Å²) in [6, 6.07) is 13.1. The highest BCUT2D eigenvalue weighted by atomic mass is 35.5. The molecule has 7 heteroatoms. The third-order valence-electron chi connectivity index (χ3n) is 3.20. The van der Waals surface area contributed by atoms with Crippen LogP contribution in [0.25, 0.3) is 0 Å². The standard InChI is InChI=1S/C18H13Cl2N3O2/c1-11(24)12-3-2-4-15(7-12)23-18(25)13(9-21)10-22-17-6-5-14(19)8-16(17)20/h2-8,10,22H,1H3,(H,23,25)/b13-10-. The summed E-state index contributed by atoms with van der Waals surface area (Å²) in [5.74, 6) is -0.730. The zero-order valence-electron chi connectivity index (χ0n) is 13.1. The predicted molar refractivity (Wildman–Crippen MR) is 98.9 cm³/mol. The van der Waals surface area contributed by atoms with Gasteiger partial charge in [-0.05, 0) is 37.3 Å². The van der Waals surface area contributed by atoms with Crippen molar-refractivity contribution < 1.29 is 9.59 Å². The predicted octanol–water partition coefficient (Wildman–Crippen LogP) is 4.65. The summed E-state index contributed by atoms with van der Waals surface area (Å²) < 4.78 is 0. The molecule has 25 heavy (non-hydrogen) atoms. The Kier molecular flexibility index (Phi) is 6.18. The molecule has 0 atom stereocenters. The topological polar surface area (TPSA) is 82.0 Å². The van der Waals surface area contributed by atoms with E-state index in [0.717, 1.165) is 0 Å². The molecule has 2 aromatic rings. The molecule has 5 nitrogen and oxygen atoms in total. The normalized spacial score (nSPS) is 10.7. The molecule has 0 spiro atoms. The van der Waals surface area contributed by atoms with Crippen LogP contribution in [0.3, 0.4) is 0 Å². The molecule has 0 radical (unpaired) electrons. The van der Waals surface area contributed by atoms with Crippen LogP contribution < -0.4 is 10.6 Å². The number of hydrogen-bond donors (Lipinski definition) is 2. The van der Waals surface area contributed by atoms with E-state index in [1.54, 1.807) is 42.5 Å². The minimum atomic E-state index is -0.610. The average Bonchev–Trinajstić information content (AvgIpc) is 2.57. The third kappa shape index (κ3) is 5.08. The lowest BCUT2D eigenvalue weighted by Gasteiger charge is -2.07. The van der Waals surface area contributed by atoms with Gasteiger partial charge in [0.05, 0.1) is 10.7 Å². The molecule has 0 aliphatic rings. The smallest absolute Gasteiger partial charge is 0.267 e. The monoisotopic (exact) mass is 373 g/mol. The summed E-state index contributed by atoms with van der Waals surface area (Å²) in [6.45, 7) is 1.43. The lowest BCUT2D eigenvalue weighted by atomic mass is 10.1. The van der Waals surface area contributed by atoms with E-state index in [1.165, 1.54) is 13.1 Å². The Labute approximate surface area is 154 Å². The number of benzene rings is 2. The Morgan fingerprint density at radius 2 is 1.92 bits per heavy atom. The fourth-order valence-electron chi connectivity index (χ4n) is 1.92. The second-order valence-corrected chi connectivity index (χ2v) is 5.87. The second-order valence-electron chi connectivity index (χ2n) is 5.03. The first kappa shape index (κ1) is 18.5. The number of halogens is 2. The number of rotatable bonds is 5. The molecule has 2 N–H and O–H groups in total. The van der Waals surface area contributed by atoms with Crippen molar-refractivity contribution in [1.82, 2.24) is 0 Å². The van der Waals surface area contributed by atoms with Crippen LogP contribution in [0.2, 0.25) is 10.0 Å². The highest BCUT2D eigenvalue weighted by molar-refractivity contribution is 6.36. The van der Waals surface area contributed by atoms with Gasteiger partial charge in [-0.25, -0.2) is 0 Å². The molecule has 0 aromatic heterocycles. The summed E-state index contributed by atoms with van der Waals surface area (Å²) in [5.41, 5.74) is 1.24. The van der Waals surface area contributed by atoms with Crippen molar-refractivity contribution in [3.63, 3.8) is 0 Å². The molecule has 0 aliphatic carbocycles. The van der Waals surface area contributed by atoms with Crippen molar-refractivity contribution in [3.8, 4) is 6.07 Å². The summed E-state index contributed by atoms with van der Waals surface area (Å²) in [6.07, 6.45) is 1.25. The van der Waals surface area contributed by atoms with E-state index in [4.69, 9.17) is 23.2 Å². The summed E-state index contributed by atoms with van der Waals surface area (Å²) in [4.78, 5) is 23.6. The highest BCUT2D eigenvalue weighted by Crippen LogP contribution is 2.25. The number of hydrogen-bond acceptors (Lipinski definition) is 4. The van der Waals surface area contributed by atoms with Crippen LogP contribution in [0.4, 0.5) is 11.4 Å². The molecule has 0 saturated heterocycles. The number of nitrogens with one attached hydrogen (secondary N) is 2. The molecule has 0 aliphatic heterocycles. The van der Waals surface area contributed by atoms with Gasteiger partial charge in [-0.3, -0.25) is 9.59 Å². The summed E-state index contributed by atoms with van der Waals surface area (Å²) in [5, 5.41) is 15.4. The van der Waals surface area contributed by atoms with Crippen LogP contribution in [0, 0.1) is 11.3 Å². The fourth-order valence-corrected chi connectivity index (χ4v) is 2.38. The molecule has 0 bridgehead atoms. The minimum absolute atomic E-state index is 0.119. The highest BCUT2D eigenvalue weighted by Gasteiger charge is 2.11. The number of nitrogens with zero attached hydrogens (tertiary/aromatic N) is 1. The van der Waals surface area contributed by atoms with Crippen LogP contribution in [-0.2, 0) is 4.79 Å². The molecule has 0 unspecified atom stereocenters. The third-order valence-corrected chi connectivity index (χ3v) is 3.74. The first-order valence-electron chi connectivity index (χ1n) is 7.15. The maximum atomic E-state index is 12.2. The van der Waals surface area contributed by atoms with Gasteiger partial charge in [-0.15, -0.1) is 0 Å². The lowest BCUT2D eigenvalue weighted by Crippen LogP contribution is -2.15. The molecule has 126 valence electrons. The van der Waals surface area contributed by atoms with Gasteiger partial charge < -0.3 is 10.6 Å². The van der Waals surface area contributed by atoms with Gasteiger partial charge in [0.15, 0.2) is 5.78 Å². The van der Waals surface area contributed by atoms with Crippen molar-refractivity contribution >= 4 is 46.3 Å². The second kappa shape index (κ2) is 8.34. The first-order valence-corrected chi connectivity index (χ1v) is 7.90. The number of Topliss-reactive ketones (excluding diaryl/α,β-unsaturated/α-hetero) is 1. The van der Waals surface area contributed by atoms with Gasteiger partial charge in [0.1, 0.15) is 11.6 Å². The Bertz CT molecular complexity index is 901. The maximum Gasteiger partial charge on any atom is 0.267 e. The van der Waals surface area contributed by atoms with Crippen molar-refractivity contribution in [2.75, 3.05) is 10.6 Å². The van der Waals surface area contributed by atoms with E-state index in [2.05, 4.69) is 10.6 Å². The number of amides is 1. The minimum Gasteiger partial charge on any atom is -0.359 e. The molecule has 0 fully saturated rings. The van der Waals surface area contributed by atoms with E-state index in [9.17, 15) is 14.9 Å². The van der Waals surface area contributed by atoms with E-state index in [1.807, 2.05) is 6.07 Å². The van der Waals surface area contributed by atoms with Crippen LogP contribution in [-0.4, -0.2) is 11.7 Å². The molecular formula is C18H13Cl2N3O2. The van der Waals surface area contributed by atoms with Gasteiger partial charge in [0.2, 0.25) is 0 Å². The van der Waals surface area contributed by atoms with Gasteiger partial charge in [0, 0.05) is 22.5 Å². The molecule has 2 aromatic carbocycles. The number of nitriles is 1. The molecule has 1 amide bonds. The van der Waals surface area contributed by atoms with E-state index in [0.29, 0.717) is 27.0 Å². The van der Waals surface area contributed by atoms with E-state index >= 15 is 0 Å². The molecular weight excluding hydrogens is 361 g/mol. The largest absolute Gasteiger partial charge is 0.359 e. The molecule has 2 rings (SSSR count). The fraction of sp³-hybridized carbons (Fsp3) is 0.0556. The zero-order valence-corrected chi connectivity index (χ0v) is 14.7. The van der Waals surface area contributed by atoms with Crippen LogP contribution in [0.5, 0.6) is 0 Å². The van der Waals surface area contributed by atoms with Crippen molar-refractivity contribution in [1.29, 1.82) is 5.26 Å². The SMILES string of the molecule is CC(=O)c1cccc(NC(=O)/C(C#N)=C\Nc2ccc(Cl)cc2Cl)c1. The number of ketones is 1. The Hall–Kier alpha value is -2.81. The van der Waals surface area contributed by atoms with Crippen LogP contribution >= 0.6 is 23.2 Å². The van der Waals surface area contributed by atoms with Crippen molar-refractivity contribution in [2.45, 2.75) is 6.92 Å². The van der Waals surface area contributed by atoms with Crippen LogP contribution in [0.15, 0.2) is 54.2 Å². The van der Waals surface area contributed by atoms with E-state index in [-0.39, 0.29) is 11.4 Å². The summed E-state index contributed by atoms with van der Waals surface area (Å²) in [7, 11) is 0. The zero-order chi connectivity index (χ0) is 18.4. The lowest BCUT2D eigenvalue weighted by molar-refractivity contribution is -0.112. The van der Waals surface area contributed by atoms with Gasteiger partial charge in [-0.2, -0.15) is 5.26 Å². The van der Waals surface area contributed by atoms with E-state index < -0.39 is 5.91 Å². The molecule has 0 saturated carbocycles. The first-order chi connectivity index (χ1) is 11.9. The average molecular weight is 374 g/mol. The number of carbonyl (C=O) groups excluding carboxylic acids is 2.